The minimum Gasteiger partial charge on any atom is -0.465 e. The van der Waals surface area contributed by atoms with Gasteiger partial charge in [0, 0.05) is 38.2 Å². The number of ether oxygens (including phenoxy) is 1. The van der Waals surface area contributed by atoms with Gasteiger partial charge in [0.25, 0.3) is 0 Å². The Balaban J connectivity index is 0.00000259. The van der Waals surface area contributed by atoms with E-state index in [2.05, 4.69) is 32.1 Å². The van der Waals surface area contributed by atoms with Crippen LogP contribution in [-0.4, -0.2) is 39.9 Å². The van der Waals surface area contributed by atoms with Gasteiger partial charge >= 0.3 is 5.97 Å². The molecule has 6 rings (SSSR count). The van der Waals surface area contributed by atoms with Crippen molar-refractivity contribution in [3.05, 3.63) is 30.4 Å². The average Bonchev–Trinajstić information content (AvgIpc) is 3.13. The highest BCUT2D eigenvalue weighted by molar-refractivity contribution is 5.85. The van der Waals surface area contributed by atoms with E-state index < -0.39 is 0 Å². The van der Waals surface area contributed by atoms with Gasteiger partial charge in [-0.2, -0.15) is 4.98 Å². The van der Waals surface area contributed by atoms with Crippen LogP contribution in [0.15, 0.2) is 35.3 Å². The van der Waals surface area contributed by atoms with Crippen LogP contribution in [0.4, 0.5) is 5.95 Å². The van der Waals surface area contributed by atoms with Crippen LogP contribution in [0.1, 0.15) is 46.9 Å². The summed E-state index contributed by atoms with van der Waals surface area (Å²) in [6.45, 7) is 3.08. The lowest BCUT2D eigenvalue weighted by atomic mass is 9.49. The summed E-state index contributed by atoms with van der Waals surface area (Å²) in [6.07, 6.45) is 15.3. The van der Waals surface area contributed by atoms with Crippen molar-refractivity contribution in [3.8, 4) is 0 Å². The number of aromatic nitrogens is 3. The summed E-state index contributed by atoms with van der Waals surface area (Å²) >= 11 is 0. The Morgan fingerprint density at radius 1 is 1.34 bits per heavy atom. The first-order valence-corrected chi connectivity index (χ1v) is 11.7. The van der Waals surface area contributed by atoms with Crippen LogP contribution < -0.4 is 11.1 Å². The molecule has 0 amide bonds. The van der Waals surface area contributed by atoms with Gasteiger partial charge in [0.2, 0.25) is 5.95 Å². The normalized spacial score (nSPS) is 29.2. The van der Waals surface area contributed by atoms with E-state index in [1.165, 1.54) is 50.9 Å². The van der Waals surface area contributed by atoms with E-state index in [1.54, 1.807) is 6.92 Å². The van der Waals surface area contributed by atoms with Gasteiger partial charge in [-0.3, -0.25) is 9.79 Å². The Kier molecular flexibility index (Phi) is 5.61. The van der Waals surface area contributed by atoms with Crippen LogP contribution in [0.3, 0.4) is 0 Å². The van der Waals surface area contributed by atoms with Crippen LogP contribution in [-0.2, 0) is 16.1 Å². The van der Waals surface area contributed by atoms with Crippen LogP contribution in [0.5, 0.6) is 0 Å². The Labute approximate surface area is 189 Å². The van der Waals surface area contributed by atoms with Crippen molar-refractivity contribution in [3.63, 3.8) is 0 Å². The van der Waals surface area contributed by atoms with E-state index in [9.17, 15) is 4.79 Å². The largest absolute Gasteiger partial charge is 0.465 e. The van der Waals surface area contributed by atoms with Crippen molar-refractivity contribution in [1.29, 1.82) is 0 Å². The fourth-order valence-corrected chi connectivity index (χ4v) is 6.67. The van der Waals surface area contributed by atoms with Crippen molar-refractivity contribution in [2.45, 2.75) is 52.0 Å². The average molecular weight is 439 g/mol. The van der Waals surface area contributed by atoms with E-state index in [0.717, 1.165) is 35.3 Å². The summed E-state index contributed by atoms with van der Waals surface area (Å²) in [5.74, 6) is 2.88. The fraction of sp³-hybridized carbons (Fsp3) is 0.583. The highest BCUT2D eigenvalue weighted by atomic mass is 16.5. The number of fused-ring (bicyclic) bond motifs is 1. The molecule has 4 bridgehead atoms. The monoisotopic (exact) mass is 438 g/mol. The third kappa shape index (κ3) is 4.23. The molecule has 8 heteroatoms. The zero-order chi connectivity index (χ0) is 22.1. The highest BCUT2D eigenvalue weighted by Crippen LogP contribution is 2.60. The number of nitrogens with one attached hydrogen (secondary N) is 1. The van der Waals surface area contributed by atoms with Gasteiger partial charge in [-0.15, -0.1) is 0 Å². The molecule has 2 aromatic heterocycles. The minimum atomic E-state index is -0.375. The number of nitrogens with two attached hydrogens (primary N) is 1. The van der Waals surface area contributed by atoms with Crippen LogP contribution >= 0.6 is 0 Å². The lowest BCUT2D eigenvalue weighted by Crippen LogP contribution is -2.47. The molecule has 4 saturated carbocycles. The molecular formula is C24H34N6O2. The molecule has 0 unspecified atom stereocenters. The molecule has 32 heavy (non-hydrogen) atoms. The number of hydrogen-bond donors (Lipinski definition) is 2. The Bertz CT molecular complexity index is 1030. The standard InChI is InChI=1S/C24H32N6O2.H2/c1-2-32-21(31)14-26-13-20(11-25)28-23-27-12-19-3-4-30(22(19)29-23)15-24-8-16-5-17(9-24)7-18(6-16)10-24;/h3-4,11-13,16-18H,2,5-10,14-15,25H2,1H3,(H,27,28,29);1H/b20-11+,26-13?;. The number of rotatable bonds is 8. The second-order valence-electron chi connectivity index (χ2n) is 9.86. The Morgan fingerprint density at radius 2 is 2.06 bits per heavy atom. The van der Waals surface area contributed by atoms with Gasteiger partial charge in [-0.25, -0.2) is 4.98 Å². The van der Waals surface area contributed by atoms with E-state index in [0.29, 0.717) is 23.7 Å². The number of hydrogen-bond acceptors (Lipinski definition) is 7. The first-order chi connectivity index (χ1) is 15.6. The molecule has 4 aliphatic rings. The van der Waals surface area contributed by atoms with Gasteiger partial charge in [-0.05, 0) is 74.7 Å². The smallest absolute Gasteiger partial charge is 0.327 e. The third-order valence-corrected chi connectivity index (χ3v) is 7.36. The molecule has 0 aromatic carbocycles. The maximum absolute atomic E-state index is 11.5. The number of allylic oxidation sites excluding steroid dienone is 1. The first kappa shape index (κ1) is 21.0. The molecule has 2 heterocycles. The molecule has 3 N–H and O–H groups in total. The molecule has 172 valence electrons. The number of carbonyl (C=O) groups is 1. The highest BCUT2D eigenvalue weighted by Gasteiger charge is 2.50. The van der Waals surface area contributed by atoms with Crippen LogP contribution in [0.2, 0.25) is 0 Å². The van der Waals surface area contributed by atoms with Crippen LogP contribution in [0.25, 0.3) is 11.0 Å². The topological polar surface area (TPSA) is 107 Å². The summed E-state index contributed by atoms with van der Waals surface area (Å²) in [4.78, 5) is 24.7. The molecule has 0 aliphatic heterocycles. The molecule has 0 atom stereocenters. The first-order valence-electron chi connectivity index (χ1n) is 11.7. The van der Waals surface area contributed by atoms with Gasteiger partial charge < -0.3 is 20.4 Å². The molecule has 0 radical (unpaired) electrons. The Morgan fingerprint density at radius 3 is 2.72 bits per heavy atom. The van der Waals surface area contributed by atoms with Crippen LogP contribution in [0, 0.1) is 23.2 Å². The van der Waals surface area contributed by atoms with E-state index >= 15 is 0 Å². The second kappa shape index (κ2) is 8.56. The number of esters is 1. The molecule has 4 aliphatic carbocycles. The summed E-state index contributed by atoms with van der Waals surface area (Å²) in [7, 11) is 0. The van der Waals surface area contributed by atoms with E-state index in [1.807, 2.05) is 6.20 Å². The number of carbonyl (C=O) groups excluding carboxylic acids is 1. The summed E-state index contributed by atoms with van der Waals surface area (Å²) in [5.41, 5.74) is 7.62. The van der Waals surface area contributed by atoms with Gasteiger partial charge in [0.15, 0.2) is 0 Å². The maximum Gasteiger partial charge on any atom is 0.327 e. The third-order valence-electron chi connectivity index (χ3n) is 7.36. The van der Waals surface area contributed by atoms with E-state index in [4.69, 9.17) is 15.5 Å². The SMILES string of the molecule is CCOC(=O)CN=C/C(=C\N)Nc1ncc2ccn(CC34CC5CC(CC(C5)C3)C4)c2n1.[HH]. The van der Waals surface area contributed by atoms with Crippen molar-refractivity contribution < 1.29 is 11.0 Å². The van der Waals surface area contributed by atoms with Crippen molar-refractivity contribution >= 4 is 29.2 Å². The van der Waals surface area contributed by atoms with Gasteiger partial charge in [-0.1, -0.05) is 0 Å². The van der Waals surface area contributed by atoms with Gasteiger partial charge in [0.1, 0.15) is 12.2 Å². The van der Waals surface area contributed by atoms with Crippen molar-refractivity contribution in [2.75, 3.05) is 18.5 Å². The number of anilines is 1. The minimum absolute atomic E-state index is 0. The summed E-state index contributed by atoms with van der Waals surface area (Å²) in [6, 6.07) is 2.10. The van der Waals surface area contributed by atoms with Crippen molar-refractivity contribution in [1.82, 2.24) is 14.5 Å². The quantitative estimate of drug-likeness (QED) is 0.480. The summed E-state index contributed by atoms with van der Waals surface area (Å²) in [5, 5.41) is 4.14. The predicted octanol–water partition coefficient (Wildman–Crippen LogP) is 3.74. The summed E-state index contributed by atoms with van der Waals surface area (Å²) < 4.78 is 7.19. The lowest BCUT2D eigenvalue weighted by molar-refractivity contribution is -0.141. The molecular weight excluding hydrogens is 404 g/mol. The molecule has 4 fully saturated rings. The molecule has 0 spiro atoms. The van der Waals surface area contributed by atoms with E-state index in [-0.39, 0.29) is 13.9 Å². The zero-order valence-corrected chi connectivity index (χ0v) is 18.7. The Hall–Kier alpha value is -2.90. The second-order valence-corrected chi connectivity index (χ2v) is 9.86. The molecule has 2 aromatic rings. The predicted molar refractivity (Wildman–Crippen MR) is 126 cm³/mol. The lowest BCUT2D eigenvalue weighted by Gasteiger charge is -2.57. The maximum atomic E-state index is 11.5. The molecule has 8 nitrogen and oxygen atoms in total. The number of nitrogens with zero attached hydrogens (tertiary/aromatic N) is 4. The zero-order valence-electron chi connectivity index (χ0n) is 18.7. The van der Waals surface area contributed by atoms with Gasteiger partial charge in [0.05, 0.1) is 12.3 Å². The van der Waals surface area contributed by atoms with Crippen molar-refractivity contribution in [2.24, 2.45) is 33.9 Å². The fourth-order valence-electron chi connectivity index (χ4n) is 6.67. The molecule has 0 saturated heterocycles. The number of aliphatic imine (C=N–C) groups is 1.